The Labute approximate surface area is 183 Å². The minimum atomic E-state index is -0.149. The molecule has 0 spiro atoms. The molecule has 6 heteroatoms. The topological polar surface area (TPSA) is 43.9 Å². The highest BCUT2D eigenvalue weighted by molar-refractivity contribution is 6.30. The van der Waals surface area contributed by atoms with Crippen molar-refractivity contribution in [2.75, 3.05) is 32.7 Å². The van der Waals surface area contributed by atoms with Crippen molar-refractivity contribution in [1.82, 2.24) is 14.7 Å². The summed E-state index contributed by atoms with van der Waals surface area (Å²) in [7, 11) is 0. The van der Waals surface area contributed by atoms with Crippen LogP contribution in [0.5, 0.6) is 0 Å². The number of rotatable bonds is 2. The number of halogens is 1. The molecule has 4 rings (SSSR count). The van der Waals surface area contributed by atoms with Crippen molar-refractivity contribution in [2.24, 2.45) is 0 Å². The fourth-order valence-electron chi connectivity index (χ4n) is 4.68. The van der Waals surface area contributed by atoms with E-state index >= 15 is 0 Å². The zero-order valence-electron chi connectivity index (χ0n) is 17.8. The maximum Gasteiger partial charge on any atom is 0.253 e. The maximum atomic E-state index is 13.1. The van der Waals surface area contributed by atoms with Crippen LogP contribution in [0.25, 0.3) is 0 Å². The third kappa shape index (κ3) is 4.09. The van der Waals surface area contributed by atoms with Gasteiger partial charge in [0, 0.05) is 60.5 Å². The van der Waals surface area contributed by atoms with Gasteiger partial charge in [-0.1, -0.05) is 29.3 Å². The number of fused-ring (bicyclic) bond motifs is 1. The molecular formula is C24H28ClN3O2. The third-order valence-electron chi connectivity index (χ3n) is 6.23. The van der Waals surface area contributed by atoms with Gasteiger partial charge in [-0.3, -0.25) is 14.5 Å². The van der Waals surface area contributed by atoms with Gasteiger partial charge in [0.1, 0.15) is 0 Å². The van der Waals surface area contributed by atoms with Crippen molar-refractivity contribution < 1.29 is 9.59 Å². The van der Waals surface area contributed by atoms with E-state index in [1.807, 2.05) is 41.0 Å². The minimum Gasteiger partial charge on any atom is -0.336 e. The van der Waals surface area contributed by atoms with Crippen LogP contribution in [0.4, 0.5) is 0 Å². The molecule has 2 heterocycles. The fourth-order valence-corrected chi connectivity index (χ4v) is 4.80. The molecule has 2 fully saturated rings. The van der Waals surface area contributed by atoms with E-state index in [-0.39, 0.29) is 23.4 Å². The summed E-state index contributed by atoms with van der Waals surface area (Å²) in [5.74, 6) is 0.0787. The molecule has 2 aromatic rings. The minimum absolute atomic E-state index is 0.0152. The van der Waals surface area contributed by atoms with Crippen molar-refractivity contribution in [3.8, 4) is 0 Å². The Kier molecular flexibility index (Phi) is 5.60. The van der Waals surface area contributed by atoms with Crippen molar-refractivity contribution in [3.05, 3.63) is 70.2 Å². The standard InChI is InChI=1S/C24H28ClN3O2/c1-17-4-6-18(7-5-17)22(29)26-12-13-28-21(14-26)15-27(16-24(28,2)3)23(30)19-8-10-20(25)11-9-19/h4-11,21H,12-16H2,1-3H3/t21-/m0/s1. The summed E-state index contributed by atoms with van der Waals surface area (Å²) in [5, 5.41) is 0.620. The van der Waals surface area contributed by atoms with E-state index in [2.05, 4.69) is 18.7 Å². The summed E-state index contributed by atoms with van der Waals surface area (Å²) >= 11 is 5.97. The second kappa shape index (κ2) is 8.05. The Morgan fingerprint density at radius 1 is 0.867 bits per heavy atom. The highest BCUT2D eigenvalue weighted by Gasteiger charge is 2.44. The lowest BCUT2D eigenvalue weighted by Crippen LogP contribution is -2.70. The molecule has 2 saturated heterocycles. The summed E-state index contributed by atoms with van der Waals surface area (Å²) < 4.78 is 0. The number of hydrogen-bond acceptors (Lipinski definition) is 3. The Hall–Kier alpha value is -2.37. The molecule has 1 atom stereocenters. The molecule has 0 N–H and O–H groups in total. The van der Waals surface area contributed by atoms with Crippen LogP contribution in [0.3, 0.4) is 0 Å². The van der Waals surface area contributed by atoms with Crippen molar-refractivity contribution >= 4 is 23.4 Å². The first-order chi connectivity index (χ1) is 14.2. The van der Waals surface area contributed by atoms with Crippen molar-refractivity contribution in [1.29, 1.82) is 0 Å². The van der Waals surface area contributed by atoms with Crippen LogP contribution >= 0.6 is 11.6 Å². The van der Waals surface area contributed by atoms with Crippen molar-refractivity contribution in [2.45, 2.75) is 32.4 Å². The lowest BCUT2D eigenvalue weighted by Gasteiger charge is -2.55. The van der Waals surface area contributed by atoms with E-state index in [0.717, 1.165) is 17.7 Å². The molecule has 2 aliphatic rings. The van der Waals surface area contributed by atoms with Crippen LogP contribution in [0.1, 0.15) is 40.1 Å². The number of aryl methyl sites for hydroxylation is 1. The Bertz CT molecular complexity index is 938. The summed E-state index contributed by atoms with van der Waals surface area (Å²) in [6, 6.07) is 14.9. The van der Waals surface area contributed by atoms with Crippen LogP contribution in [0.15, 0.2) is 48.5 Å². The second-order valence-electron chi connectivity index (χ2n) is 8.97. The van der Waals surface area contributed by atoms with Gasteiger partial charge in [-0.05, 0) is 57.2 Å². The van der Waals surface area contributed by atoms with E-state index in [0.29, 0.717) is 36.8 Å². The molecule has 30 heavy (non-hydrogen) atoms. The number of piperazine rings is 2. The van der Waals surface area contributed by atoms with E-state index in [4.69, 9.17) is 11.6 Å². The third-order valence-corrected chi connectivity index (χ3v) is 6.49. The van der Waals surface area contributed by atoms with Gasteiger partial charge >= 0.3 is 0 Å². The van der Waals surface area contributed by atoms with Crippen molar-refractivity contribution in [3.63, 3.8) is 0 Å². The number of amides is 2. The average molecular weight is 426 g/mol. The number of hydrogen-bond donors (Lipinski definition) is 0. The van der Waals surface area contributed by atoms with Gasteiger partial charge in [0.25, 0.3) is 11.8 Å². The predicted molar refractivity (Wildman–Crippen MR) is 119 cm³/mol. The number of nitrogens with zero attached hydrogens (tertiary/aromatic N) is 3. The zero-order valence-corrected chi connectivity index (χ0v) is 18.5. The van der Waals surface area contributed by atoms with Gasteiger partial charge in [0.2, 0.25) is 0 Å². The van der Waals surface area contributed by atoms with E-state index in [9.17, 15) is 9.59 Å². The van der Waals surface area contributed by atoms with Crippen LogP contribution in [0.2, 0.25) is 5.02 Å². The van der Waals surface area contributed by atoms with Gasteiger partial charge in [-0.2, -0.15) is 0 Å². The molecule has 0 unspecified atom stereocenters. The summed E-state index contributed by atoms with van der Waals surface area (Å²) in [4.78, 5) is 32.5. The highest BCUT2D eigenvalue weighted by Crippen LogP contribution is 2.29. The van der Waals surface area contributed by atoms with Gasteiger partial charge < -0.3 is 9.80 Å². The SMILES string of the molecule is Cc1ccc(C(=O)N2CCN3[C@@H](C2)CN(C(=O)c2ccc(Cl)cc2)CC3(C)C)cc1. The van der Waals surface area contributed by atoms with Crippen LogP contribution in [0, 0.1) is 6.92 Å². The molecular weight excluding hydrogens is 398 g/mol. The zero-order chi connectivity index (χ0) is 21.5. The Morgan fingerprint density at radius 2 is 1.40 bits per heavy atom. The normalized spacial score (nSPS) is 21.3. The predicted octanol–water partition coefficient (Wildman–Crippen LogP) is 3.71. The lowest BCUT2D eigenvalue weighted by molar-refractivity contribution is -0.0507. The molecule has 2 amide bonds. The fraction of sp³-hybridized carbons (Fsp3) is 0.417. The van der Waals surface area contributed by atoms with Gasteiger partial charge in [0.15, 0.2) is 0 Å². The second-order valence-corrected chi connectivity index (χ2v) is 9.41. The quantitative estimate of drug-likeness (QED) is 0.736. The average Bonchev–Trinajstić information content (AvgIpc) is 2.73. The largest absolute Gasteiger partial charge is 0.336 e. The van der Waals surface area contributed by atoms with E-state index < -0.39 is 0 Å². The van der Waals surface area contributed by atoms with Gasteiger partial charge in [0.05, 0.1) is 0 Å². The molecule has 2 aromatic carbocycles. The van der Waals surface area contributed by atoms with Gasteiger partial charge in [-0.15, -0.1) is 0 Å². The summed E-state index contributed by atoms with van der Waals surface area (Å²) in [5.41, 5.74) is 2.36. The molecule has 0 aliphatic carbocycles. The molecule has 2 aliphatic heterocycles. The Morgan fingerprint density at radius 3 is 2.03 bits per heavy atom. The maximum absolute atomic E-state index is 13.1. The summed E-state index contributed by atoms with van der Waals surface area (Å²) in [6.45, 7) is 9.80. The Balaban J connectivity index is 1.51. The smallest absolute Gasteiger partial charge is 0.253 e. The lowest BCUT2D eigenvalue weighted by atomic mass is 9.92. The van der Waals surface area contributed by atoms with Gasteiger partial charge in [-0.25, -0.2) is 0 Å². The molecule has 0 radical (unpaired) electrons. The first-order valence-electron chi connectivity index (χ1n) is 10.4. The van der Waals surface area contributed by atoms with E-state index in [1.165, 1.54) is 0 Å². The first kappa shape index (κ1) is 20.9. The monoisotopic (exact) mass is 425 g/mol. The number of carbonyl (C=O) groups excluding carboxylic acids is 2. The highest BCUT2D eigenvalue weighted by atomic mass is 35.5. The molecule has 0 bridgehead atoms. The number of benzene rings is 2. The number of carbonyl (C=O) groups is 2. The van der Waals surface area contributed by atoms with Crippen LogP contribution in [-0.4, -0.2) is 70.8 Å². The first-order valence-corrected chi connectivity index (χ1v) is 10.8. The van der Waals surface area contributed by atoms with Crippen LogP contribution in [-0.2, 0) is 0 Å². The van der Waals surface area contributed by atoms with E-state index in [1.54, 1.807) is 24.3 Å². The summed E-state index contributed by atoms with van der Waals surface area (Å²) in [6.07, 6.45) is 0. The molecule has 0 aromatic heterocycles. The molecule has 5 nitrogen and oxygen atoms in total. The van der Waals surface area contributed by atoms with Crippen LogP contribution < -0.4 is 0 Å². The molecule has 158 valence electrons. The molecule has 0 saturated carbocycles.